The highest BCUT2D eigenvalue weighted by atomic mass is 19.2. The van der Waals surface area contributed by atoms with E-state index in [1.54, 1.807) is 0 Å². The Kier molecular flexibility index (Phi) is 5.06. The summed E-state index contributed by atoms with van der Waals surface area (Å²) in [7, 11) is 1.23. The second-order valence-electron chi connectivity index (χ2n) is 4.48. The molecule has 0 spiro atoms. The van der Waals surface area contributed by atoms with Gasteiger partial charge in [-0.1, -0.05) is 12.1 Å². The van der Waals surface area contributed by atoms with Crippen LogP contribution in [0.15, 0.2) is 36.4 Å². The van der Waals surface area contributed by atoms with Gasteiger partial charge in [0.05, 0.1) is 12.7 Å². The fraction of sp³-hybridized carbons (Fsp3) is 0.188. The van der Waals surface area contributed by atoms with Gasteiger partial charge in [0.25, 0.3) is 0 Å². The Hall–Kier alpha value is -2.47. The number of carbonyl (C=O) groups excluding carboxylic acids is 1. The molecular formula is C16H15F2NO3. The predicted molar refractivity (Wildman–Crippen MR) is 77.7 cm³/mol. The second kappa shape index (κ2) is 7.00. The molecule has 0 saturated carbocycles. The van der Waals surface area contributed by atoms with Crippen molar-refractivity contribution in [3.05, 3.63) is 53.6 Å². The highest BCUT2D eigenvalue weighted by molar-refractivity contribution is 5.91. The minimum Gasteiger partial charge on any atom is -0.492 e. The van der Waals surface area contributed by atoms with Gasteiger partial charge in [-0.2, -0.15) is 0 Å². The van der Waals surface area contributed by atoms with Crippen LogP contribution in [0.3, 0.4) is 0 Å². The first kappa shape index (κ1) is 15.9. The summed E-state index contributed by atoms with van der Waals surface area (Å²) in [5.74, 6) is -2.23. The number of rotatable bonds is 5. The molecule has 0 amide bonds. The highest BCUT2D eigenvalue weighted by Crippen LogP contribution is 2.29. The Balaban J connectivity index is 2.54. The van der Waals surface area contributed by atoms with Gasteiger partial charge in [-0.15, -0.1) is 0 Å². The van der Waals surface area contributed by atoms with Gasteiger partial charge in [0.1, 0.15) is 12.4 Å². The third kappa shape index (κ3) is 3.40. The van der Waals surface area contributed by atoms with Crippen molar-refractivity contribution in [2.24, 2.45) is 5.73 Å². The molecule has 0 atom stereocenters. The maximum Gasteiger partial charge on any atom is 0.338 e. The summed E-state index contributed by atoms with van der Waals surface area (Å²) < 4.78 is 37.3. The summed E-state index contributed by atoms with van der Waals surface area (Å²) in [4.78, 5) is 11.7. The first-order chi connectivity index (χ1) is 10.6. The molecule has 4 nitrogen and oxygen atoms in total. The molecule has 2 N–H and O–H groups in total. The third-order valence-corrected chi connectivity index (χ3v) is 2.98. The largest absolute Gasteiger partial charge is 0.492 e. The zero-order valence-electron chi connectivity index (χ0n) is 11.9. The summed E-state index contributed by atoms with van der Waals surface area (Å²) >= 11 is 0. The number of carbonyl (C=O) groups is 1. The van der Waals surface area contributed by atoms with Crippen LogP contribution >= 0.6 is 0 Å². The van der Waals surface area contributed by atoms with E-state index in [1.807, 2.05) is 0 Å². The number of hydrogen-bond donors (Lipinski definition) is 1. The third-order valence-electron chi connectivity index (χ3n) is 2.98. The van der Waals surface area contributed by atoms with Gasteiger partial charge in [-0.05, 0) is 29.8 Å². The van der Waals surface area contributed by atoms with Crippen molar-refractivity contribution in [2.75, 3.05) is 20.3 Å². The first-order valence-electron chi connectivity index (χ1n) is 6.57. The maximum atomic E-state index is 13.9. The Morgan fingerprint density at radius 1 is 1.23 bits per heavy atom. The van der Waals surface area contributed by atoms with Gasteiger partial charge in [-0.25, -0.2) is 13.6 Å². The molecule has 2 rings (SSSR count). The Morgan fingerprint density at radius 3 is 2.68 bits per heavy atom. The summed E-state index contributed by atoms with van der Waals surface area (Å²) in [6.07, 6.45) is 0. The molecule has 0 saturated heterocycles. The van der Waals surface area contributed by atoms with Gasteiger partial charge < -0.3 is 15.2 Å². The number of nitrogens with two attached hydrogens (primary N) is 1. The average molecular weight is 307 g/mol. The number of hydrogen-bond acceptors (Lipinski definition) is 4. The van der Waals surface area contributed by atoms with Gasteiger partial charge in [-0.3, -0.25) is 0 Å². The van der Waals surface area contributed by atoms with E-state index < -0.39 is 17.6 Å². The molecule has 0 aromatic heterocycles. The topological polar surface area (TPSA) is 61.5 Å². The van der Waals surface area contributed by atoms with E-state index in [2.05, 4.69) is 4.74 Å². The SMILES string of the molecule is COC(=O)c1cc(OCCN)cc(-c2cccc(F)c2F)c1. The molecule has 0 aliphatic heterocycles. The van der Waals surface area contributed by atoms with E-state index >= 15 is 0 Å². The molecular weight excluding hydrogens is 292 g/mol. The minimum absolute atomic E-state index is 0.0309. The highest BCUT2D eigenvalue weighted by Gasteiger charge is 2.15. The van der Waals surface area contributed by atoms with Crippen LogP contribution < -0.4 is 10.5 Å². The van der Waals surface area contributed by atoms with E-state index in [1.165, 1.54) is 37.4 Å². The van der Waals surface area contributed by atoms with E-state index in [0.29, 0.717) is 11.3 Å². The molecule has 0 fully saturated rings. The number of esters is 1. The lowest BCUT2D eigenvalue weighted by Crippen LogP contribution is -2.11. The Bertz CT molecular complexity index is 689. The van der Waals surface area contributed by atoms with E-state index in [9.17, 15) is 13.6 Å². The monoisotopic (exact) mass is 307 g/mol. The molecule has 0 heterocycles. The van der Waals surface area contributed by atoms with Crippen LogP contribution in [0.1, 0.15) is 10.4 Å². The Morgan fingerprint density at radius 2 is 2.00 bits per heavy atom. The van der Waals surface area contributed by atoms with Crippen LogP contribution in [0.4, 0.5) is 8.78 Å². The summed E-state index contributed by atoms with van der Waals surface area (Å²) in [6.45, 7) is 0.516. The summed E-state index contributed by atoms with van der Waals surface area (Å²) in [6, 6.07) is 8.22. The van der Waals surface area contributed by atoms with Crippen LogP contribution in [-0.2, 0) is 4.74 Å². The lowest BCUT2D eigenvalue weighted by Gasteiger charge is -2.11. The summed E-state index contributed by atoms with van der Waals surface area (Å²) in [5, 5.41) is 0. The fourth-order valence-corrected chi connectivity index (χ4v) is 1.98. The molecule has 116 valence electrons. The van der Waals surface area contributed by atoms with E-state index in [0.717, 1.165) is 6.07 Å². The van der Waals surface area contributed by atoms with Crippen LogP contribution in [0.5, 0.6) is 5.75 Å². The average Bonchev–Trinajstić information content (AvgIpc) is 2.54. The molecule has 0 radical (unpaired) electrons. The zero-order valence-corrected chi connectivity index (χ0v) is 11.9. The van der Waals surface area contributed by atoms with E-state index in [-0.39, 0.29) is 24.3 Å². The van der Waals surface area contributed by atoms with Crippen molar-refractivity contribution in [3.8, 4) is 16.9 Å². The lowest BCUT2D eigenvalue weighted by atomic mass is 10.0. The van der Waals surface area contributed by atoms with Gasteiger partial charge >= 0.3 is 5.97 Å². The molecule has 0 aliphatic rings. The maximum absolute atomic E-state index is 13.9. The van der Waals surface area contributed by atoms with Gasteiger partial charge in [0.15, 0.2) is 11.6 Å². The van der Waals surface area contributed by atoms with Crippen molar-refractivity contribution >= 4 is 5.97 Å². The first-order valence-corrected chi connectivity index (χ1v) is 6.57. The van der Waals surface area contributed by atoms with Crippen molar-refractivity contribution in [3.63, 3.8) is 0 Å². The molecule has 6 heteroatoms. The molecule has 0 aliphatic carbocycles. The van der Waals surface area contributed by atoms with Crippen LogP contribution in [0, 0.1) is 11.6 Å². The van der Waals surface area contributed by atoms with Crippen molar-refractivity contribution in [1.82, 2.24) is 0 Å². The number of methoxy groups -OCH3 is 1. The minimum atomic E-state index is -0.991. The smallest absolute Gasteiger partial charge is 0.338 e. The predicted octanol–water partition coefficient (Wildman–Crippen LogP) is 2.76. The Labute approximate surface area is 126 Å². The zero-order chi connectivity index (χ0) is 16.1. The van der Waals surface area contributed by atoms with Crippen LogP contribution in [0.25, 0.3) is 11.1 Å². The van der Waals surface area contributed by atoms with Crippen molar-refractivity contribution in [2.45, 2.75) is 0 Å². The number of ether oxygens (including phenoxy) is 2. The normalized spacial score (nSPS) is 10.4. The van der Waals surface area contributed by atoms with Crippen molar-refractivity contribution < 1.29 is 23.0 Å². The quantitative estimate of drug-likeness (QED) is 0.863. The summed E-state index contributed by atoms with van der Waals surface area (Å²) in [5.41, 5.74) is 5.89. The van der Waals surface area contributed by atoms with Gasteiger partial charge in [0, 0.05) is 12.1 Å². The molecule has 0 bridgehead atoms. The number of benzene rings is 2. The molecule has 2 aromatic rings. The standard InChI is InChI=1S/C16H15F2NO3/c1-21-16(20)11-7-10(8-12(9-11)22-6-5-19)13-3-2-4-14(17)15(13)18/h2-4,7-9H,5-6,19H2,1H3. The lowest BCUT2D eigenvalue weighted by molar-refractivity contribution is 0.0600. The molecule has 2 aromatic carbocycles. The van der Waals surface area contributed by atoms with Gasteiger partial charge in [0.2, 0.25) is 0 Å². The molecule has 0 unspecified atom stereocenters. The van der Waals surface area contributed by atoms with Crippen LogP contribution in [0.2, 0.25) is 0 Å². The fourth-order valence-electron chi connectivity index (χ4n) is 1.98. The number of halogens is 2. The van der Waals surface area contributed by atoms with Crippen molar-refractivity contribution in [1.29, 1.82) is 0 Å². The van der Waals surface area contributed by atoms with Crippen LogP contribution in [-0.4, -0.2) is 26.2 Å². The second-order valence-corrected chi connectivity index (χ2v) is 4.48. The molecule has 22 heavy (non-hydrogen) atoms. The van der Waals surface area contributed by atoms with E-state index in [4.69, 9.17) is 10.5 Å².